The van der Waals surface area contributed by atoms with E-state index in [4.69, 9.17) is 0 Å². The number of benzene rings is 1. The summed E-state index contributed by atoms with van der Waals surface area (Å²) in [6.07, 6.45) is 0.380. The van der Waals surface area contributed by atoms with Crippen LogP contribution >= 0.6 is 0 Å². The van der Waals surface area contributed by atoms with Crippen LogP contribution in [0.2, 0.25) is 0 Å². The molecule has 1 aliphatic carbocycles. The van der Waals surface area contributed by atoms with Gasteiger partial charge < -0.3 is 5.11 Å². The Bertz CT molecular complexity index is 431. The first-order valence-electron chi connectivity index (χ1n) is 4.82. The quantitative estimate of drug-likeness (QED) is 0.767. The number of halogens is 1. The van der Waals surface area contributed by atoms with Gasteiger partial charge in [0.1, 0.15) is 11.6 Å². The smallest absolute Gasteiger partial charge is 0.170 e. The molecule has 2 rings (SSSR count). The summed E-state index contributed by atoms with van der Waals surface area (Å²) in [5.41, 5.74) is 0.922. The van der Waals surface area contributed by atoms with Gasteiger partial charge in [-0.2, -0.15) is 0 Å². The van der Waals surface area contributed by atoms with Crippen molar-refractivity contribution in [2.45, 2.75) is 13.3 Å². The standard InChI is InChI=1S/C12H11FO2/c1-7-6-10(14)11(12(7)15)8-2-4-9(13)5-3-8/h2-5,7,14H,6H2,1H3. The predicted molar refractivity (Wildman–Crippen MR) is 54.7 cm³/mol. The Hall–Kier alpha value is -1.64. The van der Waals surface area contributed by atoms with Gasteiger partial charge in [-0.1, -0.05) is 19.1 Å². The van der Waals surface area contributed by atoms with E-state index >= 15 is 0 Å². The van der Waals surface area contributed by atoms with Crippen molar-refractivity contribution < 1.29 is 14.3 Å². The number of Topliss-reactive ketones (excluding diaryl/α,β-unsaturated/α-hetero) is 1. The number of aliphatic hydroxyl groups is 1. The molecule has 0 bridgehead atoms. The fourth-order valence-electron chi connectivity index (χ4n) is 1.80. The molecule has 0 heterocycles. The molecule has 1 atom stereocenters. The van der Waals surface area contributed by atoms with Gasteiger partial charge in [0.15, 0.2) is 5.78 Å². The van der Waals surface area contributed by atoms with Crippen molar-refractivity contribution >= 4 is 11.4 Å². The van der Waals surface area contributed by atoms with E-state index in [1.54, 1.807) is 6.92 Å². The van der Waals surface area contributed by atoms with Crippen molar-refractivity contribution in [1.29, 1.82) is 0 Å². The van der Waals surface area contributed by atoms with Crippen LogP contribution in [0.3, 0.4) is 0 Å². The van der Waals surface area contributed by atoms with E-state index in [1.807, 2.05) is 0 Å². The minimum Gasteiger partial charge on any atom is -0.512 e. The third kappa shape index (κ3) is 1.65. The number of carbonyl (C=O) groups is 1. The average Bonchev–Trinajstić information content (AvgIpc) is 2.44. The number of hydrogen-bond donors (Lipinski definition) is 1. The number of hydrogen-bond acceptors (Lipinski definition) is 2. The van der Waals surface area contributed by atoms with E-state index in [-0.39, 0.29) is 23.3 Å². The lowest BCUT2D eigenvalue weighted by atomic mass is 10.0. The molecule has 0 radical (unpaired) electrons. The zero-order chi connectivity index (χ0) is 11.0. The Morgan fingerprint density at radius 2 is 1.93 bits per heavy atom. The number of aliphatic hydroxyl groups excluding tert-OH is 1. The van der Waals surface area contributed by atoms with Gasteiger partial charge >= 0.3 is 0 Å². The summed E-state index contributed by atoms with van der Waals surface area (Å²) in [4.78, 5) is 11.7. The molecule has 0 saturated heterocycles. The van der Waals surface area contributed by atoms with E-state index < -0.39 is 0 Å². The van der Waals surface area contributed by atoms with Crippen LogP contribution in [0.25, 0.3) is 5.57 Å². The molecule has 78 valence electrons. The SMILES string of the molecule is CC1CC(O)=C(c2ccc(F)cc2)C1=O. The minimum atomic E-state index is -0.350. The van der Waals surface area contributed by atoms with E-state index in [0.29, 0.717) is 17.6 Å². The summed E-state index contributed by atoms with van der Waals surface area (Å²) < 4.78 is 12.7. The Morgan fingerprint density at radius 1 is 1.33 bits per heavy atom. The Balaban J connectivity index is 2.43. The van der Waals surface area contributed by atoms with Crippen molar-refractivity contribution in [2.24, 2.45) is 5.92 Å². The molecule has 0 aliphatic heterocycles. The molecule has 1 aliphatic rings. The van der Waals surface area contributed by atoms with Crippen LogP contribution in [0.1, 0.15) is 18.9 Å². The third-order valence-corrected chi connectivity index (χ3v) is 2.61. The lowest BCUT2D eigenvalue weighted by Gasteiger charge is -2.02. The van der Waals surface area contributed by atoms with Crippen molar-refractivity contribution in [1.82, 2.24) is 0 Å². The molecular weight excluding hydrogens is 195 g/mol. The summed E-state index contributed by atoms with van der Waals surface area (Å²) >= 11 is 0. The van der Waals surface area contributed by atoms with E-state index in [0.717, 1.165) is 0 Å². The highest BCUT2D eigenvalue weighted by molar-refractivity contribution is 6.24. The summed E-state index contributed by atoms with van der Waals surface area (Å²) in [6, 6.07) is 5.59. The lowest BCUT2D eigenvalue weighted by molar-refractivity contribution is -0.116. The Labute approximate surface area is 87.0 Å². The Morgan fingerprint density at radius 3 is 2.40 bits per heavy atom. The molecule has 0 aromatic heterocycles. The molecule has 15 heavy (non-hydrogen) atoms. The van der Waals surface area contributed by atoms with Gasteiger partial charge in [-0.05, 0) is 17.7 Å². The zero-order valence-corrected chi connectivity index (χ0v) is 8.33. The fourth-order valence-corrected chi connectivity index (χ4v) is 1.80. The molecule has 2 nitrogen and oxygen atoms in total. The first-order valence-corrected chi connectivity index (χ1v) is 4.82. The van der Waals surface area contributed by atoms with E-state index in [1.165, 1.54) is 24.3 Å². The van der Waals surface area contributed by atoms with Gasteiger partial charge in [-0.25, -0.2) is 4.39 Å². The van der Waals surface area contributed by atoms with Crippen molar-refractivity contribution in [3.63, 3.8) is 0 Å². The normalized spacial score (nSPS) is 21.2. The highest BCUT2D eigenvalue weighted by atomic mass is 19.1. The second-order valence-corrected chi connectivity index (χ2v) is 3.80. The lowest BCUT2D eigenvalue weighted by Crippen LogP contribution is -2.05. The molecule has 0 spiro atoms. The van der Waals surface area contributed by atoms with E-state index in [2.05, 4.69) is 0 Å². The fraction of sp³-hybridized carbons (Fsp3) is 0.250. The number of rotatable bonds is 1. The van der Waals surface area contributed by atoms with Crippen molar-refractivity contribution in [3.8, 4) is 0 Å². The van der Waals surface area contributed by atoms with Crippen LogP contribution in [-0.2, 0) is 4.79 Å². The number of ketones is 1. The molecule has 0 amide bonds. The van der Waals surface area contributed by atoms with E-state index in [9.17, 15) is 14.3 Å². The van der Waals surface area contributed by atoms with Gasteiger partial charge in [-0.3, -0.25) is 4.79 Å². The van der Waals surface area contributed by atoms with Crippen LogP contribution < -0.4 is 0 Å². The summed E-state index contributed by atoms with van der Waals surface area (Å²) in [6.45, 7) is 1.77. The minimum absolute atomic E-state index is 0.0703. The maximum Gasteiger partial charge on any atom is 0.170 e. The second-order valence-electron chi connectivity index (χ2n) is 3.80. The number of allylic oxidation sites excluding steroid dienone is 2. The van der Waals surface area contributed by atoms with Gasteiger partial charge in [0.25, 0.3) is 0 Å². The molecule has 3 heteroatoms. The van der Waals surface area contributed by atoms with Crippen LogP contribution in [0.4, 0.5) is 4.39 Å². The molecule has 0 saturated carbocycles. The summed E-state index contributed by atoms with van der Waals surface area (Å²) in [5, 5.41) is 9.62. The van der Waals surface area contributed by atoms with Crippen molar-refractivity contribution in [3.05, 3.63) is 41.4 Å². The highest BCUT2D eigenvalue weighted by Crippen LogP contribution is 2.33. The number of carbonyl (C=O) groups excluding carboxylic acids is 1. The monoisotopic (exact) mass is 206 g/mol. The average molecular weight is 206 g/mol. The van der Waals surface area contributed by atoms with Gasteiger partial charge in [0.05, 0.1) is 5.57 Å². The highest BCUT2D eigenvalue weighted by Gasteiger charge is 2.30. The van der Waals surface area contributed by atoms with Gasteiger partial charge in [0.2, 0.25) is 0 Å². The predicted octanol–water partition coefficient (Wildman–Crippen LogP) is 2.70. The van der Waals surface area contributed by atoms with Gasteiger partial charge in [-0.15, -0.1) is 0 Å². The third-order valence-electron chi connectivity index (χ3n) is 2.61. The second kappa shape index (κ2) is 3.50. The van der Waals surface area contributed by atoms with Crippen molar-refractivity contribution in [2.75, 3.05) is 0 Å². The summed E-state index contributed by atoms with van der Waals surface area (Å²) in [7, 11) is 0. The summed E-state index contributed by atoms with van der Waals surface area (Å²) in [5.74, 6) is -0.486. The maximum absolute atomic E-state index is 12.7. The maximum atomic E-state index is 12.7. The van der Waals surface area contributed by atoms with Gasteiger partial charge in [0, 0.05) is 12.3 Å². The largest absolute Gasteiger partial charge is 0.512 e. The Kier molecular flexibility index (Phi) is 2.31. The zero-order valence-electron chi connectivity index (χ0n) is 8.33. The topological polar surface area (TPSA) is 37.3 Å². The molecular formula is C12H11FO2. The first-order chi connectivity index (χ1) is 7.09. The van der Waals surface area contributed by atoms with Crippen LogP contribution in [-0.4, -0.2) is 10.9 Å². The first kappa shape index (κ1) is 9.90. The van der Waals surface area contributed by atoms with Crippen LogP contribution in [0, 0.1) is 11.7 Å². The van der Waals surface area contributed by atoms with Crippen LogP contribution in [0.5, 0.6) is 0 Å². The van der Waals surface area contributed by atoms with Crippen LogP contribution in [0.15, 0.2) is 30.0 Å². The molecule has 0 fully saturated rings. The molecule has 1 aromatic carbocycles. The molecule has 1 unspecified atom stereocenters. The molecule has 1 N–H and O–H groups in total. The molecule has 1 aromatic rings.